The molecule has 0 saturated heterocycles. The number of nitrogens with zero attached hydrogens (tertiary/aromatic N) is 1. The van der Waals surface area contributed by atoms with Gasteiger partial charge in [0.25, 0.3) is 5.91 Å². The quantitative estimate of drug-likeness (QED) is 0.201. The van der Waals surface area contributed by atoms with E-state index in [4.69, 9.17) is 4.74 Å². The summed E-state index contributed by atoms with van der Waals surface area (Å²) in [6, 6.07) is 31.2. The summed E-state index contributed by atoms with van der Waals surface area (Å²) in [6.07, 6.45) is 2.54. The van der Waals surface area contributed by atoms with Crippen LogP contribution in [0.4, 0.5) is 0 Å². The zero-order valence-electron chi connectivity index (χ0n) is 20.5. The third kappa shape index (κ3) is 5.98. The second-order valence-electron chi connectivity index (χ2n) is 8.96. The Morgan fingerprint density at radius 2 is 1.62 bits per heavy atom. The average molecular weight is 492 g/mol. The number of aromatic amines is 1. The number of aromatic nitrogens is 2. The third-order valence-electron chi connectivity index (χ3n) is 6.35. The molecule has 186 valence electrons. The molecule has 0 bridgehead atoms. The Morgan fingerprint density at radius 1 is 0.865 bits per heavy atom. The van der Waals surface area contributed by atoms with Crippen LogP contribution in [-0.4, -0.2) is 27.8 Å². The van der Waals surface area contributed by atoms with Gasteiger partial charge in [0.05, 0.1) is 16.8 Å². The predicted molar refractivity (Wildman–Crippen MR) is 146 cm³/mol. The number of hydrogen-bond acceptors (Lipinski definition) is 4. The molecule has 5 rings (SSSR count). The van der Waals surface area contributed by atoms with Crippen LogP contribution >= 0.6 is 0 Å². The van der Waals surface area contributed by atoms with Gasteiger partial charge in [-0.05, 0) is 66.3 Å². The van der Waals surface area contributed by atoms with E-state index in [1.807, 2.05) is 30.3 Å². The van der Waals surface area contributed by atoms with Gasteiger partial charge in [-0.2, -0.15) is 5.10 Å². The van der Waals surface area contributed by atoms with Gasteiger partial charge in [-0.1, -0.05) is 66.7 Å². The molecule has 0 aliphatic carbocycles. The lowest BCUT2D eigenvalue weighted by molar-refractivity contribution is 0.0950. The Hall–Kier alpha value is -4.58. The number of hydrogen-bond donors (Lipinski definition) is 3. The fourth-order valence-electron chi connectivity index (χ4n) is 4.31. The maximum atomic E-state index is 12.2. The van der Waals surface area contributed by atoms with E-state index >= 15 is 0 Å². The Morgan fingerprint density at radius 3 is 2.43 bits per heavy atom. The van der Waals surface area contributed by atoms with Crippen LogP contribution < -0.4 is 10.1 Å². The monoisotopic (exact) mass is 491 g/mol. The predicted octanol–water partition coefficient (Wildman–Crippen LogP) is 6.27. The number of fused-ring (bicyclic) bond motifs is 1. The fourth-order valence-corrected chi connectivity index (χ4v) is 4.31. The van der Waals surface area contributed by atoms with Crippen LogP contribution in [0.1, 0.15) is 34.5 Å². The van der Waals surface area contributed by atoms with Crippen molar-refractivity contribution in [3.05, 3.63) is 114 Å². The van der Waals surface area contributed by atoms with Crippen LogP contribution in [0, 0.1) is 0 Å². The van der Waals surface area contributed by atoms with E-state index in [1.54, 1.807) is 18.2 Å². The van der Waals surface area contributed by atoms with Crippen LogP contribution in [0.5, 0.6) is 11.5 Å². The summed E-state index contributed by atoms with van der Waals surface area (Å²) in [5.41, 5.74) is 5.70. The van der Waals surface area contributed by atoms with Gasteiger partial charge >= 0.3 is 0 Å². The molecule has 0 atom stereocenters. The third-order valence-corrected chi connectivity index (χ3v) is 6.35. The van der Waals surface area contributed by atoms with Gasteiger partial charge in [0.2, 0.25) is 0 Å². The van der Waals surface area contributed by atoms with Crippen LogP contribution in [0.2, 0.25) is 0 Å². The number of para-hydroxylation sites is 1. The number of phenolic OH excluding ortho intramolecular Hbond substituents is 1. The Balaban J connectivity index is 1.13. The first kappa shape index (κ1) is 24.1. The van der Waals surface area contributed by atoms with Gasteiger partial charge in [-0.15, -0.1) is 0 Å². The lowest BCUT2D eigenvalue weighted by atomic mass is 10.0. The van der Waals surface area contributed by atoms with Crippen molar-refractivity contribution in [1.82, 2.24) is 15.5 Å². The topological polar surface area (TPSA) is 87.2 Å². The molecule has 6 heteroatoms. The van der Waals surface area contributed by atoms with Gasteiger partial charge in [0.1, 0.15) is 18.1 Å². The molecule has 3 N–H and O–H groups in total. The van der Waals surface area contributed by atoms with Gasteiger partial charge in [0, 0.05) is 11.9 Å². The Bertz CT molecular complexity index is 1480. The zero-order chi connectivity index (χ0) is 25.5. The van der Waals surface area contributed by atoms with Crippen LogP contribution in [0.25, 0.3) is 22.0 Å². The number of aromatic hydroxyl groups is 1. The molecule has 5 aromatic rings. The first-order valence-electron chi connectivity index (χ1n) is 12.5. The SMILES string of the molecule is O=C(NCCCCc1n[nH]c2cc(-c3ccc(OCc4ccccc4)cc3)ccc12)c1ccccc1O. The second-order valence-corrected chi connectivity index (χ2v) is 8.96. The second kappa shape index (κ2) is 11.4. The van der Waals surface area contributed by atoms with Crippen molar-refractivity contribution in [2.45, 2.75) is 25.9 Å². The summed E-state index contributed by atoms with van der Waals surface area (Å²) >= 11 is 0. The van der Waals surface area contributed by atoms with Crippen molar-refractivity contribution in [3.63, 3.8) is 0 Å². The number of aryl methyl sites for hydroxylation is 1. The molecule has 6 nitrogen and oxygen atoms in total. The molecule has 0 unspecified atom stereocenters. The number of rotatable bonds is 10. The number of amides is 1. The molecular weight excluding hydrogens is 462 g/mol. The molecule has 37 heavy (non-hydrogen) atoms. The number of phenols is 1. The minimum Gasteiger partial charge on any atom is -0.507 e. The molecule has 1 aromatic heterocycles. The number of H-pyrrole nitrogens is 1. The summed E-state index contributed by atoms with van der Waals surface area (Å²) < 4.78 is 5.90. The van der Waals surface area contributed by atoms with E-state index in [0.29, 0.717) is 18.7 Å². The zero-order valence-corrected chi connectivity index (χ0v) is 20.5. The summed E-state index contributed by atoms with van der Waals surface area (Å²) in [7, 11) is 0. The van der Waals surface area contributed by atoms with E-state index in [-0.39, 0.29) is 11.7 Å². The number of ether oxygens (including phenoxy) is 1. The van der Waals surface area contributed by atoms with Crippen molar-refractivity contribution in [2.24, 2.45) is 0 Å². The van der Waals surface area contributed by atoms with Gasteiger partial charge < -0.3 is 15.2 Å². The first-order chi connectivity index (χ1) is 18.2. The molecular formula is C31H29N3O3. The average Bonchev–Trinajstić information content (AvgIpc) is 3.35. The molecule has 0 aliphatic heterocycles. The lowest BCUT2D eigenvalue weighted by Crippen LogP contribution is -2.24. The van der Waals surface area contributed by atoms with Crippen LogP contribution in [0.3, 0.4) is 0 Å². The molecule has 1 heterocycles. The number of carbonyl (C=O) groups is 1. The normalized spacial score (nSPS) is 10.9. The highest BCUT2D eigenvalue weighted by atomic mass is 16.5. The fraction of sp³-hybridized carbons (Fsp3) is 0.161. The summed E-state index contributed by atoms with van der Waals surface area (Å²) in [5, 5.41) is 21.5. The van der Waals surface area contributed by atoms with Gasteiger partial charge in [-0.3, -0.25) is 9.89 Å². The lowest BCUT2D eigenvalue weighted by Gasteiger charge is -2.08. The minimum absolute atomic E-state index is 0.00491. The number of benzene rings is 4. The highest BCUT2D eigenvalue weighted by Crippen LogP contribution is 2.27. The summed E-state index contributed by atoms with van der Waals surface area (Å²) in [4.78, 5) is 12.2. The van der Waals surface area contributed by atoms with Crippen molar-refractivity contribution in [3.8, 4) is 22.6 Å². The highest BCUT2D eigenvalue weighted by molar-refractivity contribution is 5.96. The maximum Gasteiger partial charge on any atom is 0.255 e. The van der Waals surface area contributed by atoms with Crippen molar-refractivity contribution < 1.29 is 14.6 Å². The van der Waals surface area contributed by atoms with Crippen molar-refractivity contribution in [1.29, 1.82) is 0 Å². The number of carbonyl (C=O) groups excluding carboxylic acids is 1. The van der Waals surface area contributed by atoms with Crippen LogP contribution in [-0.2, 0) is 13.0 Å². The molecule has 0 aliphatic rings. The molecule has 4 aromatic carbocycles. The van der Waals surface area contributed by atoms with Gasteiger partial charge in [0.15, 0.2) is 0 Å². The standard InChI is InChI=1S/C31H29N3O3/c35-30-12-5-4-10-27(30)31(36)32-19-7-6-11-28-26-18-15-24(20-29(26)34-33-28)23-13-16-25(17-14-23)37-21-22-8-2-1-3-9-22/h1-5,8-10,12-18,20,35H,6-7,11,19,21H2,(H,32,36)(H,33,34). The molecule has 0 fully saturated rings. The molecule has 1 amide bonds. The summed E-state index contributed by atoms with van der Waals surface area (Å²) in [6.45, 7) is 1.09. The smallest absolute Gasteiger partial charge is 0.255 e. The minimum atomic E-state index is -0.258. The van der Waals surface area contributed by atoms with E-state index < -0.39 is 0 Å². The van der Waals surface area contributed by atoms with Gasteiger partial charge in [-0.25, -0.2) is 0 Å². The first-order valence-corrected chi connectivity index (χ1v) is 12.5. The molecule has 0 spiro atoms. The van der Waals surface area contributed by atoms with Crippen molar-refractivity contribution >= 4 is 16.8 Å². The van der Waals surface area contributed by atoms with E-state index in [2.05, 4.69) is 58.0 Å². The summed E-state index contributed by atoms with van der Waals surface area (Å²) in [5.74, 6) is 0.579. The maximum absolute atomic E-state index is 12.2. The van der Waals surface area contributed by atoms with E-state index in [0.717, 1.165) is 58.3 Å². The van der Waals surface area contributed by atoms with E-state index in [9.17, 15) is 9.90 Å². The highest BCUT2D eigenvalue weighted by Gasteiger charge is 2.10. The number of nitrogens with one attached hydrogen (secondary N) is 2. The Kier molecular flexibility index (Phi) is 7.46. The molecule has 0 radical (unpaired) electrons. The number of unbranched alkanes of at least 4 members (excludes halogenated alkanes) is 1. The Labute approximate surface area is 215 Å². The molecule has 0 saturated carbocycles. The van der Waals surface area contributed by atoms with E-state index in [1.165, 1.54) is 6.07 Å². The van der Waals surface area contributed by atoms with Crippen LogP contribution in [0.15, 0.2) is 97.1 Å². The largest absolute Gasteiger partial charge is 0.507 e. The van der Waals surface area contributed by atoms with Crippen molar-refractivity contribution in [2.75, 3.05) is 6.54 Å².